The number of hydrogen-bond donors (Lipinski definition) is 0. The van der Waals surface area contributed by atoms with Gasteiger partial charge in [0.2, 0.25) is 10.0 Å². The van der Waals surface area contributed by atoms with Crippen molar-refractivity contribution in [2.45, 2.75) is 41.4 Å². The summed E-state index contributed by atoms with van der Waals surface area (Å²) in [4.78, 5) is 0.480. The topological polar surface area (TPSA) is 37.4 Å². The summed E-state index contributed by atoms with van der Waals surface area (Å²) >= 11 is 9.48. The molecule has 2 unspecified atom stereocenters. The van der Waals surface area contributed by atoms with Gasteiger partial charge in [0.1, 0.15) is 0 Å². The summed E-state index contributed by atoms with van der Waals surface area (Å²) in [7, 11) is -1.82. The van der Waals surface area contributed by atoms with E-state index in [-0.39, 0.29) is 15.8 Å². The van der Waals surface area contributed by atoms with E-state index < -0.39 is 10.0 Å². The molecule has 0 radical (unpaired) electrons. The molecule has 0 saturated heterocycles. The van der Waals surface area contributed by atoms with Gasteiger partial charge in [-0.2, -0.15) is 4.31 Å². The Kier molecular flexibility index (Phi) is 4.93. The Morgan fingerprint density at radius 3 is 2.63 bits per heavy atom. The van der Waals surface area contributed by atoms with Crippen molar-refractivity contribution in [2.24, 2.45) is 0 Å². The van der Waals surface area contributed by atoms with Crippen LogP contribution in [0.2, 0.25) is 5.02 Å². The first kappa shape index (κ1) is 15.3. The third kappa shape index (κ3) is 3.32. The predicted molar refractivity (Wildman–Crippen MR) is 81.4 cm³/mol. The Hall–Kier alpha value is -0.100. The van der Waals surface area contributed by atoms with E-state index in [2.05, 4.69) is 15.9 Å². The third-order valence-corrected chi connectivity index (χ3v) is 6.77. The lowest BCUT2D eigenvalue weighted by atomic mass is 9.96. The van der Waals surface area contributed by atoms with E-state index in [1.165, 1.54) is 10.4 Å². The van der Waals surface area contributed by atoms with E-state index in [1.54, 1.807) is 25.2 Å². The van der Waals surface area contributed by atoms with Crippen LogP contribution in [0.5, 0.6) is 0 Å². The molecular weight excluding hydrogens is 350 g/mol. The van der Waals surface area contributed by atoms with Crippen LogP contribution in [0.4, 0.5) is 0 Å². The fraction of sp³-hybridized carbons (Fsp3) is 0.538. The predicted octanol–water partition coefficient (Wildman–Crippen LogP) is 3.67. The van der Waals surface area contributed by atoms with Gasteiger partial charge in [-0.15, -0.1) is 0 Å². The number of sulfonamides is 1. The number of alkyl halides is 1. The first-order valence-electron chi connectivity index (χ1n) is 6.30. The molecule has 0 bridgehead atoms. The van der Waals surface area contributed by atoms with Crippen molar-refractivity contribution in [3.05, 3.63) is 29.3 Å². The molecule has 19 heavy (non-hydrogen) atoms. The van der Waals surface area contributed by atoms with E-state index in [0.717, 1.165) is 25.7 Å². The van der Waals surface area contributed by atoms with Crippen molar-refractivity contribution in [2.75, 3.05) is 7.05 Å². The standard InChI is InChI=1S/C13H17BrClNO2S/c1-16(13-8-3-2-7-12(13)14)19(17,18)11-6-4-5-10(15)9-11/h4-6,9,12-13H,2-3,7-8H2,1H3. The number of hydrogen-bond acceptors (Lipinski definition) is 2. The van der Waals surface area contributed by atoms with Crippen LogP contribution in [0.25, 0.3) is 0 Å². The molecule has 1 aromatic rings. The van der Waals surface area contributed by atoms with E-state index >= 15 is 0 Å². The lowest BCUT2D eigenvalue weighted by Gasteiger charge is -2.34. The van der Waals surface area contributed by atoms with Crippen LogP contribution in [0, 0.1) is 0 Å². The molecule has 0 aliphatic heterocycles. The van der Waals surface area contributed by atoms with Gasteiger partial charge in [-0.25, -0.2) is 8.42 Å². The van der Waals surface area contributed by atoms with Crippen LogP contribution in [-0.4, -0.2) is 30.6 Å². The number of halogens is 2. The molecule has 0 spiro atoms. The summed E-state index contributed by atoms with van der Waals surface area (Å²) in [6.07, 6.45) is 4.13. The van der Waals surface area contributed by atoms with Gasteiger partial charge in [0.25, 0.3) is 0 Å². The zero-order valence-electron chi connectivity index (χ0n) is 10.7. The molecule has 1 aromatic carbocycles. The van der Waals surface area contributed by atoms with E-state index in [0.29, 0.717) is 5.02 Å². The molecule has 2 atom stereocenters. The number of nitrogens with zero attached hydrogens (tertiary/aromatic N) is 1. The molecular formula is C13H17BrClNO2S. The molecule has 1 fully saturated rings. The SMILES string of the molecule is CN(C1CCCCC1Br)S(=O)(=O)c1cccc(Cl)c1. The van der Waals surface area contributed by atoms with Crippen molar-refractivity contribution in [3.8, 4) is 0 Å². The van der Waals surface area contributed by atoms with Crippen molar-refractivity contribution in [1.29, 1.82) is 0 Å². The second-order valence-electron chi connectivity index (χ2n) is 4.85. The highest BCUT2D eigenvalue weighted by Gasteiger charge is 2.33. The lowest BCUT2D eigenvalue weighted by molar-refractivity contribution is 0.297. The largest absolute Gasteiger partial charge is 0.243 e. The van der Waals surface area contributed by atoms with Crippen molar-refractivity contribution < 1.29 is 8.42 Å². The smallest absolute Gasteiger partial charge is 0.207 e. The van der Waals surface area contributed by atoms with Crippen LogP contribution >= 0.6 is 27.5 Å². The van der Waals surface area contributed by atoms with Crippen molar-refractivity contribution in [1.82, 2.24) is 4.31 Å². The summed E-state index contributed by atoms with van der Waals surface area (Å²) in [5.41, 5.74) is 0. The second-order valence-corrected chi connectivity index (χ2v) is 8.46. The molecule has 1 aliphatic rings. The third-order valence-electron chi connectivity index (χ3n) is 3.59. The van der Waals surface area contributed by atoms with Gasteiger partial charge >= 0.3 is 0 Å². The molecule has 0 aromatic heterocycles. The molecule has 1 saturated carbocycles. The quantitative estimate of drug-likeness (QED) is 0.765. The fourth-order valence-electron chi connectivity index (χ4n) is 2.45. The molecule has 0 N–H and O–H groups in total. The number of rotatable bonds is 3. The second kappa shape index (κ2) is 6.12. The maximum atomic E-state index is 12.6. The van der Waals surface area contributed by atoms with E-state index in [4.69, 9.17) is 11.6 Å². The van der Waals surface area contributed by atoms with Crippen LogP contribution in [0.15, 0.2) is 29.2 Å². The minimum Gasteiger partial charge on any atom is -0.207 e. The van der Waals surface area contributed by atoms with Gasteiger partial charge in [-0.05, 0) is 31.0 Å². The maximum Gasteiger partial charge on any atom is 0.243 e. The van der Waals surface area contributed by atoms with Gasteiger partial charge in [-0.3, -0.25) is 0 Å². The van der Waals surface area contributed by atoms with Gasteiger partial charge in [-0.1, -0.05) is 46.4 Å². The zero-order chi connectivity index (χ0) is 14.0. The summed E-state index contributed by atoms with van der Waals surface area (Å²) in [5, 5.41) is 0.438. The Labute approximate surface area is 128 Å². The molecule has 1 aliphatic carbocycles. The minimum atomic E-state index is -3.48. The lowest BCUT2D eigenvalue weighted by Crippen LogP contribution is -2.43. The average molecular weight is 367 g/mol. The Morgan fingerprint density at radius 1 is 1.32 bits per heavy atom. The highest BCUT2D eigenvalue weighted by atomic mass is 79.9. The molecule has 0 amide bonds. The molecule has 106 valence electrons. The Bertz CT molecular complexity index is 549. The fourth-order valence-corrected chi connectivity index (χ4v) is 5.27. The van der Waals surface area contributed by atoms with Gasteiger partial charge in [0.15, 0.2) is 0 Å². The van der Waals surface area contributed by atoms with Crippen LogP contribution < -0.4 is 0 Å². The molecule has 3 nitrogen and oxygen atoms in total. The maximum absolute atomic E-state index is 12.6. The summed E-state index contributed by atoms with van der Waals surface area (Å²) in [5.74, 6) is 0. The number of benzene rings is 1. The monoisotopic (exact) mass is 365 g/mol. The normalized spacial score (nSPS) is 24.6. The van der Waals surface area contributed by atoms with E-state index in [9.17, 15) is 8.42 Å². The highest BCUT2D eigenvalue weighted by Crippen LogP contribution is 2.31. The average Bonchev–Trinajstić information content (AvgIpc) is 2.38. The zero-order valence-corrected chi connectivity index (χ0v) is 13.9. The molecule has 0 heterocycles. The van der Waals surface area contributed by atoms with Crippen LogP contribution in [0.3, 0.4) is 0 Å². The van der Waals surface area contributed by atoms with Crippen molar-refractivity contribution >= 4 is 37.6 Å². The highest BCUT2D eigenvalue weighted by molar-refractivity contribution is 9.09. The summed E-state index contributed by atoms with van der Waals surface area (Å²) in [6, 6.07) is 6.44. The van der Waals surface area contributed by atoms with Crippen LogP contribution in [0.1, 0.15) is 25.7 Å². The van der Waals surface area contributed by atoms with Crippen LogP contribution in [-0.2, 0) is 10.0 Å². The Morgan fingerprint density at radius 2 is 2.00 bits per heavy atom. The Balaban J connectivity index is 2.28. The molecule has 6 heteroatoms. The first-order valence-corrected chi connectivity index (χ1v) is 9.04. The summed E-state index contributed by atoms with van der Waals surface area (Å²) < 4.78 is 26.6. The molecule has 2 rings (SSSR count). The summed E-state index contributed by atoms with van der Waals surface area (Å²) in [6.45, 7) is 0. The van der Waals surface area contributed by atoms with E-state index in [1.807, 2.05) is 0 Å². The van der Waals surface area contributed by atoms with Gasteiger partial charge in [0.05, 0.1) is 4.90 Å². The van der Waals surface area contributed by atoms with Crippen molar-refractivity contribution in [3.63, 3.8) is 0 Å². The first-order chi connectivity index (χ1) is 8.93. The van der Waals surface area contributed by atoms with Gasteiger partial charge < -0.3 is 0 Å². The minimum absolute atomic E-state index is 0.0118. The van der Waals surface area contributed by atoms with Gasteiger partial charge in [0, 0.05) is 22.9 Å².